The van der Waals surface area contributed by atoms with Gasteiger partial charge in [0.2, 0.25) is 21.8 Å². The molecule has 1 saturated heterocycles. The number of nitrogens with two attached hydrogens (primary N) is 1. The lowest BCUT2D eigenvalue weighted by atomic mass is 10.0. The zero-order valence-corrected chi connectivity index (χ0v) is 24.1. The van der Waals surface area contributed by atoms with Crippen molar-refractivity contribution in [2.75, 3.05) is 48.7 Å². The topological polar surface area (TPSA) is 151 Å². The predicted octanol–water partition coefficient (Wildman–Crippen LogP) is 1.49. The van der Waals surface area contributed by atoms with Crippen molar-refractivity contribution in [3.05, 3.63) is 60.2 Å². The molecule has 218 valence electrons. The molecule has 0 bridgehead atoms. The lowest BCUT2D eigenvalue weighted by Gasteiger charge is -2.38. The van der Waals surface area contributed by atoms with Crippen LogP contribution < -0.4 is 20.7 Å². The standard InChI is InChI=1S/C28H39N5O6S/c1-28(2,29)27(36)30-23(14-9-12-21-10-5-4-6-11-21)26(35)33-18-16-32(17-19-33)24-15-8-7-13-22(24)31-40(37,38)20-25(34)39-3/h4-8,10-11,13,15,23,31H,9,12,14,16-20,29H2,1-3H3,(H,30,36)/t23-/m1/s1. The first-order valence-electron chi connectivity index (χ1n) is 13.2. The first-order chi connectivity index (χ1) is 18.9. The molecule has 3 rings (SSSR count). The number of nitrogens with zero attached hydrogens (tertiary/aromatic N) is 2. The highest BCUT2D eigenvalue weighted by molar-refractivity contribution is 7.93. The Morgan fingerprint density at radius 1 is 1.00 bits per heavy atom. The van der Waals surface area contributed by atoms with Crippen LogP contribution in [-0.2, 0) is 35.6 Å². The molecule has 4 N–H and O–H groups in total. The fourth-order valence-electron chi connectivity index (χ4n) is 4.40. The number of piperazine rings is 1. The lowest BCUT2D eigenvalue weighted by Crippen LogP contribution is -2.58. The number of esters is 1. The van der Waals surface area contributed by atoms with Gasteiger partial charge >= 0.3 is 5.97 Å². The van der Waals surface area contributed by atoms with E-state index in [1.165, 1.54) is 0 Å². The Morgan fingerprint density at radius 2 is 1.62 bits per heavy atom. The van der Waals surface area contributed by atoms with Crippen molar-refractivity contribution in [2.24, 2.45) is 5.73 Å². The van der Waals surface area contributed by atoms with Gasteiger partial charge < -0.3 is 25.6 Å². The fraction of sp³-hybridized carbons (Fsp3) is 0.464. The van der Waals surface area contributed by atoms with Crippen LogP contribution in [0.2, 0.25) is 0 Å². The first kappa shape index (κ1) is 30.9. The van der Waals surface area contributed by atoms with Crippen LogP contribution in [0.5, 0.6) is 0 Å². The van der Waals surface area contributed by atoms with Gasteiger partial charge in [-0.3, -0.25) is 19.1 Å². The number of carbonyl (C=O) groups is 3. The van der Waals surface area contributed by atoms with Gasteiger partial charge in [0.1, 0.15) is 6.04 Å². The van der Waals surface area contributed by atoms with Crippen molar-refractivity contribution in [1.29, 1.82) is 0 Å². The number of nitrogens with one attached hydrogen (secondary N) is 2. The third kappa shape index (κ3) is 8.95. The molecular weight excluding hydrogens is 534 g/mol. The van der Waals surface area contributed by atoms with Gasteiger partial charge in [0, 0.05) is 26.2 Å². The molecule has 1 fully saturated rings. The van der Waals surface area contributed by atoms with Crippen molar-refractivity contribution in [3.63, 3.8) is 0 Å². The molecule has 11 nitrogen and oxygen atoms in total. The van der Waals surface area contributed by atoms with Crippen LogP contribution in [0, 0.1) is 0 Å². The van der Waals surface area contributed by atoms with Crippen LogP contribution in [0.25, 0.3) is 0 Å². The molecule has 0 aromatic heterocycles. The smallest absolute Gasteiger partial charge is 0.322 e. The molecule has 12 heteroatoms. The number of para-hydroxylation sites is 2. The molecular formula is C28H39N5O6S. The third-order valence-corrected chi connectivity index (χ3v) is 7.77. The highest BCUT2D eigenvalue weighted by atomic mass is 32.2. The van der Waals surface area contributed by atoms with E-state index in [-0.39, 0.29) is 5.91 Å². The van der Waals surface area contributed by atoms with Crippen LogP contribution >= 0.6 is 0 Å². The normalized spacial score (nSPS) is 14.8. The van der Waals surface area contributed by atoms with Gasteiger partial charge in [-0.25, -0.2) is 8.42 Å². The number of aryl methyl sites for hydroxylation is 1. The van der Waals surface area contributed by atoms with E-state index >= 15 is 0 Å². The van der Waals surface area contributed by atoms with Gasteiger partial charge in [0.25, 0.3) is 0 Å². The molecule has 1 aliphatic heterocycles. The van der Waals surface area contributed by atoms with Gasteiger partial charge in [-0.05, 0) is 50.8 Å². The lowest BCUT2D eigenvalue weighted by molar-refractivity contribution is -0.138. The van der Waals surface area contributed by atoms with Crippen molar-refractivity contribution < 1.29 is 27.5 Å². The van der Waals surface area contributed by atoms with E-state index < -0.39 is 39.2 Å². The molecule has 2 aromatic rings. The van der Waals surface area contributed by atoms with E-state index in [0.717, 1.165) is 19.1 Å². The van der Waals surface area contributed by atoms with Gasteiger partial charge in [0.05, 0.1) is 24.0 Å². The minimum Gasteiger partial charge on any atom is -0.468 e. The molecule has 40 heavy (non-hydrogen) atoms. The summed E-state index contributed by atoms with van der Waals surface area (Å²) in [6.07, 6.45) is 1.97. The average molecular weight is 574 g/mol. The Morgan fingerprint density at radius 3 is 2.25 bits per heavy atom. The van der Waals surface area contributed by atoms with Gasteiger partial charge in [-0.15, -0.1) is 0 Å². The Balaban J connectivity index is 1.66. The van der Waals surface area contributed by atoms with E-state index in [1.54, 1.807) is 43.0 Å². The maximum atomic E-state index is 13.5. The number of methoxy groups -OCH3 is 1. The molecule has 0 radical (unpaired) electrons. The van der Waals surface area contributed by atoms with E-state index in [1.807, 2.05) is 35.2 Å². The van der Waals surface area contributed by atoms with Crippen LogP contribution in [0.15, 0.2) is 54.6 Å². The van der Waals surface area contributed by atoms with E-state index in [4.69, 9.17) is 5.73 Å². The zero-order valence-electron chi connectivity index (χ0n) is 23.3. The predicted molar refractivity (Wildman–Crippen MR) is 154 cm³/mol. The molecule has 2 amide bonds. The summed E-state index contributed by atoms with van der Waals surface area (Å²) in [6, 6.07) is 16.1. The minimum absolute atomic E-state index is 0.169. The summed E-state index contributed by atoms with van der Waals surface area (Å²) in [4.78, 5) is 41.4. The number of anilines is 2. The average Bonchev–Trinajstić information content (AvgIpc) is 2.92. The van der Waals surface area contributed by atoms with E-state index in [2.05, 4.69) is 14.8 Å². The summed E-state index contributed by atoms with van der Waals surface area (Å²) in [6.45, 7) is 4.88. The van der Waals surface area contributed by atoms with Crippen molar-refractivity contribution in [1.82, 2.24) is 10.2 Å². The van der Waals surface area contributed by atoms with E-state index in [0.29, 0.717) is 50.4 Å². The SMILES string of the molecule is COC(=O)CS(=O)(=O)Nc1ccccc1N1CCN(C(=O)[C@@H](CCCc2ccccc2)NC(=O)C(C)(C)N)CC1. The van der Waals surface area contributed by atoms with E-state index in [9.17, 15) is 22.8 Å². The van der Waals surface area contributed by atoms with Gasteiger partial charge in [-0.1, -0.05) is 42.5 Å². The van der Waals surface area contributed by atoms with Crippen LogP contribution in [-0.4, -0.2) is 81.7 Å². The quantitative estimate of drug-likeness (QED) is 0.323. The van der Waals surface area contributed by atoms with Crippen molar-refractivity contribution in [3.8, 4) is 0 Å². The zero-order chi connectivity index (χ0) is 29.3. The Bertz CT molecular complexity index is 1270. The number of hydrogen-bond donors (Lipinski definition) is 3. The second-order valence-electron chi connectivity index (χ2n) is 10.4. The van der Waals surface area contributed by atoms with Gasteiger partial charge in [-0.2, -0.15) is 0 Å². The first-order valence-corrected chi connectivity index (χ1v) is 14.9. The maximum absolute atomic E-state index is 13.5. The van der Waals surface area contributed by atoms with Crippen LogP contribution in [0.3, 0.4) is 0 Å². The highest BCUT2D eigenvalue weighted by Crippen LogP contribution is 2.28. The third-order valence-electron chi connectivity index (χ3n) is 6.63. The summed E-state index contributed by atoms with van der Waals surface area (Å²) in [5.74, 6) is -2.22. The molecule has 2 aromatic carbocycles. The van der Waals surface area contributed by atoms with Crippen LogP contribution in [0.4, 0.5) is 11.4 Å². The molecule has 0 aliphatic carbocycles. The molecule has 1 aliphatic rings. The molecule has 1 heterocycles. The van der Waals surface area contributed by atoms with Crippen molar-refractivity contribution in [2.45, 2.75) is 44.7 Å². The van der Waals surface area contributed by atoms with Crippen LogP contribution in [0.1, 0.15) is 32.3 Å². The maximum Gasteiger partial charge on any atom is 0.322 e. The molecule has 0 saturated carbocycles. The number of hydrogen-bond acceptors (Lipinski definition) is 8. The second kappa shape index (κ2) is 13.6. The number of benzene rings is 2. The summed E-state index contributed by atoms with van der Waals surface area (Å²) >= 11 is 0. The Kier molecular flexibility index (Phi) is 10.5. The minimum atomic E-state index is -3.96. The Labute approximate surface area is 236 Å². The second-order valence-corrected chi connectivity index (χ2v) is 12.1. The highest BCUT2D eigenvalue weighted by Gasteiger charge is 2.32. The van der Waals surface area contributed by atoms with Gasteiger partial charge in [0.15, 0.2) is 5.75 Å². The molecule has 0 unspecified atom stereocenters. The molecule has 1 atom stereocenters. The summed E-state index contributed by atoms with van der Waals surface area (Å²) in [7, 11) is -2.83. The number of amides is 2. The number of carbonyl (C=O) groups excluding carboxylic acids is 3. The largest absolute Gasteiger partial charge is 0.468 e. The fourth-order valence-corrected chi connectivity index (χ4v) is 5.41. The van der Waals surface area contributed by atoms with Crippen molar-refractivity contribution >= 4 is 39.2 Å². The number of rotatable bonds is 12. The number of ether oxygens (including phenoxy) is 1. The summed E-state index contributed by atoms with van der Waals surface area (Å²) in [5, 5.41) is 2.86. The summed E-state index contributed by atoms with van der Waals surface area (Å²) in [5.41, 5.74) is 7.00. The number of sulfonamides is 1. The monoisotopic (exact) mass is 573 g/mol. The summed E-state index contributed by atoms with van der Waals surface area (Å²) < 4.78 is 31.8. The molecule has 0 spiro atoms. The Hall–Kier alpha value is -3.64.